The summed E-state index contributed by atoms with van der Waals surface area (Å²) in [5, 5.41) is 17.8. The molecule has 0 bridgehead atoms. The number of rotatable bonds is 8. The number of hydrogen-bond donors (Lipinski definition) is 4. The molecule has 4 rings (SSSR count). The number of benzene rings is 1. The highest BCUT2D eigenvalue weighted by atomic mass is 16.5. The average Bonchev–Trinajstić information content (AvgIpc) is 3.23. The predicted octanol–water partition coefficient (Wildman–Crippen LogP) is 2.68. The SMILES string of the molecule is O=C(NC(CNC(=O)N1CCN(c2cc(NC3=NCCCCC3)ccn2)CC1)C(=O)O)OCc1ccccc1. The summed E-state index contributed by atoms with van der Waals surface area (Å²) in [5.41, 5.74) is 1.72. The number of pyridine rings is 1. The lowest BCUT2D eigenvalue weighted by Gasteiger charge is -2.35. The molecule has 1 aromatic carbocycles. The zero-order valence-electron chi connectivity index (χ0n) is 21.8. The first-order valence-corrected chi connectivity index (χ1v) is 13.2. The van der Waals surface area contributed by atoms with E-state index in [1.807, 2.05) is 30.3 Å². The van der Waals surface area contributed by atoms with Gasteiger partial charge in [0.1, 0.15) is 24.3 Å². The van der Waals surface area contributed by atoms with Gasteiger partial charge in [0.15, 0.2) is 0 Å². The summed E-state index contributed by atoms with van der Waals surface area (Å²) in [6.07, 6.45) is 5.29. The quantitative estimate of drug-likeness (QED) is 0.402. The normalized spacial score (nSPS) is 16.4. The van der Waals surface area contributed by atoms with Crippen LogP contribution < -0.4 is 20.9 Å². The first kappa shape index (κ1) is 27.7. The Hall–Kier alpha value is -4.35. The zero-order valence-corrected chi connectivity index (χ0v) is 21.8. The first-order valence-electron chi connectivity index (χ1n) is 13.2. The van der Waals surface area contributed by atoms with Crippen LogP contribution in [0.5, 0.6) is 0 Å². The number of hydrogen-bond acceptors (Lipinski definition) is 8. The van der Waals surface area contributed by atoms with E-state index in [0.29, 0.717) is 26.2 Å². The molecule has 1 atom stereocenters. The number of carboxylic acid groups (broad SMARTS) is 1. The van der Waals surface area contributed by atoms with Crippen molar-refractivity contribution < 1.29 is 24.2 Å². The molecular formula is C27H35N7O5. The number of nitrogens with zero attached hydrogens (tertiary/aromatic N) is 4. The van der Waals surface area contributed by atoms with Gasteiger partial charge in [0, 0.05) is 57.1 Å². The van der Waals surface area contributed by atoms with Crippen molar-refractivity contribution in [3.8, 4) is 0 Å². The van der Waals surface area contributed by atoms with E-state index in [2.05, 4.69) is 30.8 Å². The summed E-state index contributed by atoms with van der Waals surface area (Å²) in [6.45, 7) is 2.65. The molecule has 2 aromatic rings. The summed E-state index contributed by atoms with van der Waals surface area (Å²) >= 11 is 0. The zero-order chi connectivity index (χ0) is 27.5. The van der Waals surface area contributed by atoms with Gasteiger partial charge in [-0.05, 0) is 24.5 Å². The Labute approximate surface area is 227 Å². The van der Waals surface area contributed by atoms with Crippen LogP contribution in [0.3, 0.4) is 0 Å². The van der Waals surface area contributed by atoms with E-state index < -0.39 is 24.1 Å². The Kier molecular flexibility index (Phi) is 9.92. The predicted molar refractivity (Wildman–Crippen MR) is 147 cm³/mol. The van der Waals surface area contributed by atoms with E-state index in [-0.39, 0.29) is 13.2 Å². The van der Waals surface area contributed by atoms with E-state index in [1.54, 1.807) is 23.2 Å². The first-order chi connectivity index (χ1) is 19.0. The Morgan fingerprint density at radius 2 is 1.82 bits per heavy atom. The fourth-order valence-corrected chi connectivity index (χ4v) is 4.36. The number of amides is 3. The third kappa shape index (κ3) is 8.59. The number of alkyl carbamates (subject to hydrolysis) is 1. The molecule has 1 fully saturated rings. The number of anilines is 2. The molecule has 1 saturated heterocycles. The van der Waals surface area contributed by atoms with Gasteiger partial charge in [0.25, 0.3) is 0 Å². The number of aromatic nitrogens is 1. The molecule has 2 aliphatic rings. The van der Waals surface area contributed by atoms with Crippen LogP contribution in [0.4, 0.5) is 21.1 Å². The smallest absolute Gasteiger partial charge is 0.408 e. The molecule has 4 N–H and O–H groups in total. The summed E-state index contributed by atoms with van der Waals surface area (Å²) in [7, 11) is 0. The number of carbonyl (C=O) groups is 3. The van der Waals surface area contributed by atoms with Crippen molar-refractivity contribution >= 4 is 35.4 Å². The summed E-state index contributed by atoms with van der Waals surface area (Å²) in [6, 6.07) is 11.2. The van der Waals surface area contributed by atoms with Crippen LogP contribution in [0.1, 0.15) is 31.2 Å². The third-order valence-corrected chi connectivity index (χ3v) is 6.56. The number of piperazine rings is 1. The van der Waals surface area contributed by atoms with Gasteiger partial charge >= 0.3 is 18.1 Å². The molecule has 2 aliphatic heterocycles. The molecule has 12 nitrogen and oxygen atoms in total. The van der Waals surface area contributed by atoms with Gasteiger partial charge in [-0.15, -0.1) is 0 Å². The van der Waals surface area contributed by atoms with Gasteiger partial charge in [-0.25, -0.2) is 19.4 Å². The minimum absolute atomic E-state index is 0.0121. The lowest BCUT2D eigenvalue weighted by molar-refractivity contribution is -0.139. The number of carbonyl (C=O) groups excluding carboxylic acids is 2. The van der Waals surface area contributed by atoms with Crippen molar-refractivity contribution in [2.75, 3.05) is 49.5 Å². The highest BCUT2D eigenvalue weighted by Gasteiger charge is 2.25. The molecule has 0 radical (unpaired) electrons. The standard InChI is InChI=1S/C27H35N7O5/c35-25(36)22(32-27(38)39-19-20-7-3-1-4-8-20)18-30-26(37)34-15-13-33(14-16-34)24-17-21(10-12-29-24)31-23-9-5-2-6-11-28-23/h1,3-4,7-8,10,12,17,22H,2,5-6,9,11,13-16,18-19H2,(H,30,37)(H,32,38)(H,35,36)(H,28,29,31). The molecule has 12 heteroatoms. The molecular weight excluding hydrogens is 502 g/mol. The molecule has 39 heavy (non-hydrogen) atoms. The van der Waals surface area contributed by atoms with Crippen molar-refractivity contribution in [1.29, 1.82) is 0 Å². The monoisotopic (exact) mass is 537 g/mol. The minimum Gasteiger partial charge on any atom is -0.480 e. The molecule has 0 saturated carbocycles. The number of aliphatic carboxylic acids is 1. The number of urea groups is 1. The molecule has 208 valence electrons. The molecule has 1 unspecified atom stereocenters. The largest absolute Gasteiger partial charge is 0.480 e. The topological polar surface area (TPSA) is 148 Å². The summed E-state index contributed by atoms with van der Waals surface area (Å²) in [5.74, 6) is 0.550. The second-order valence-corrected chi connectivity index (χ2v) is 9.42. The van der Waals surface area contributed by atoms with Crippen molar-refractivity contribution in [3.05, 3.63) is 54.2 Å². The van der Waals surface area contributed by atoms with Gasteiger partial charge in [-0.2, -0.15) is 0 Å². The highest BCUT2D eigenvalue weighted by Crippen LogP contribution is 2.19. The van der Waals surface area contributed by atoms with Crippen LogP contribution in [0.2, 0.25) is 0 Å². The number of ether oxygens (including phenoxy) is 1. The Morgan fingerprint density at radius 3 is 2.59 bits per heavy atom. The lowest BCUT2D eigenvalue weighted by atomic mass is 10.2. The van der Waals surface area contributed by atoms with Crippen LogP contribution in [-0.2, 0) is 16.1 Å². The van der Waals surface area contributed by atoms with Crippen molar-refractivity contribution in [2.45, 2.75) is 38.3 Å². The van der Waals surface area contributed by atoms with Crippen LogP contribution in [0.25, 0.3) is 0 Å². The average molecular weight is 538 g/mol. The molecule has 3 amide bonds. The lowest BCUT2D eigenvalue weighted by Crippen LogP contribution is -2.55. The number of amidine groups is 1. The van der Waals surface area contributed by atoms with Crippen LogP contribution in [0.15, 0.2) is 53.7 Å². The van der Waals surface area contributed by atoms with Crippen LogP contribution >= 0.6 is 0 Å². The van der Waals surface area contributed by atoms with Gasteiger partial charge in [0.2, 0.25) is 0 Å². The summed E-state index contributed by atoms with van der Waals surface area (Å²) < 4.78 is 5.08. The molecule has 3 heterocycles. The van der Waals surface area contributed by atoms with Crippen LogP contribution in [-0.4, -0.2) is 84.2 Å². The van der Waals surface area contributed by atoms with Gasteiger partial charge in [0.05, 0.1) is 6.54 Å². The Bertz CT molecular complexity index is 1150. The Balaban J connectivity index is 1.21. The Morgan fingerprint density at radius 1 is 1.03 bits per heavy atom. The highest BCUT2D eigenvalue weighted by molar-refractivity contribution is 5.95. The molecule has 1 aromatic heterocycles. The third-order valence-electron chi connectivity index (χ3n) is 6.56. The molecule has 0 aliphatic carbocycles. The summed E-state index contributed by atoms with van der Waals surface area (Å²) in [4.78, 5) is 49.2. The molecule has 0 spiro atoms. The van der Waals surface area contributed by atoms with Gasteiger partial charge in [-0.3, -0.25) is 4.99 Å². The number of nitrogens with one attached hydrogen (secondary N) is 3. The van der Waals surface area contributed by atoms with E-state index >= 15 is 0 Å². The second-order valence-electron chi connectivity index (χ2n) is 9.42. The van der Waals surface area contributed by atoms with E-state index in [4.69, 9.17) is 4.74 Å². The van der Waals surface area contributed by atoms with E-state index in [9.17, 15) is 19.5 Å². The van der Waals surface area contributed by atoms with Crippen molar-refractivity contribution in [2.24, 2.45) is 4.99 Å². The fourth-order valence-electron chi connectivity index (χ4n) is 4.36. The van der Waals surface area contributed by atoms with Gasteiger partial charge < -0.3 is 35.6 Å². The van der Waals surface area contributed by atoms with E-state index in [1.165, 1.54) is 6.42 Å². The second kappa shape index (κ2) is 14.0. The van der Waals surface area contributed by atoms with Crippen molar-refractivity contribution in [1.82, 2.24) is 20.5 Å². The maximum Gasteiger partial charge on any atom is 0.408 e. The fraction of sp³-hybridized carbons (Fsp3) is 0.444. The minimum atomic E-state index is -1.32. The van der Waals surface area contributed by atoms with E-state index in [0.717, 1.165) is 48.7 Å². The number of carboxylic acids is 1. The van der Waals surface area contributed by atoms with Crippen molar-refractivity contribution in [3.63, 3.8) is 0 Å². The van der Waals surface area contributed by atoms with Crippen LogP contribution in [0, 0.1) is 0 Å². The number of aliphatic imine (C=N–C) groups is 1. The maximum absolute atomic E-state index is 12.7. The maximum atomic E-state index is 12.7. The van der Waals surface area contributed by atoms with Gasteiger partial charge in [-0.1, -0.05) is 36.8 Å².